The van der Waals surface area contributed by atoms with Crippen LogP contribution in [0.5, 0.6) is 0 Å². The normalized spacial score (nSPS) is 37.6. The summed E-state index contributed by atoms with van der Waals surface area (Å²) in [7, 11) is 0. The molecule has 2 aliphatic carbocycles. The largest absolute Gasteiger partial charge is 0.450 e. The van der Waals surface area contributed by atoms with Crippen LogP contribution in [0.1, 0.15) is 32.6 Å². The van der Waals surface area contributed by atoms with Crippen molar-refractivity contribution in [2.75, 3.05) is 13.2 Å². The summed E-state index contributed by atoms with van der Waals surface area (Å²) in [6, 6.07) is 0. The first-order valence-corrected chi connectivity index (χ1v) is 7.27. The molecule has 4 atom stereocenters. The number of nitrogens with one attached hydrogen (secondary N) is 1. The number of carbonyl (C=O) groups is 2. The van der Waals surface area contributed by atoms with Crippen LogP contribution in [0.3, 0.4) is 0 Å². The number of ether oxygens (including phenoxy) is 1. The molecule has 0 heterocycles. The van der Waals surface area contributed by atoms with Crippen LogP contribution in [0.4, 0.5) is 13.6 Å². The predicted molar refractivity (Wildman–Crippen MR) is 69.9 cm³/mol. The van der Waals surface area contributed by atoms with Gasteiger partial charge in [-0.2, -0.15) is 0 Å². The van der Waals surface area contributed by atoms with E-state index in [9.17, 15) is 23.5 Å². The number of halogens is 2. The number of rotatable bonds is 4. The van der Waals surface area contributed by atoms with Gasteiger partial charge in [-0.15, -0.1) is 0 Å². The van der Waals surface area contributed by atoms with Crippen molar-refractivity contribution >= 4 is 12.4 Å². The first-order chi connectivity index (χ1) is 9.81. The highest BCUT2D eigenvalue weighted by molar-refractivity contribution is 5.67. The first kappa shape index (κ1) is 16.1. The third-order valence-corrected chi connectivity index (χ3v) is 4.67. The molecule has 2 fully saturated rings. The summed E-state index contributed by atoms with van der Waals surface area (Å²) in [5.74, 6) is -4.08. The average Bonchev–Trinajstić information content (AvgIpc) is 2.66. The van der Waals surface area contributed by atoms with Gasteiger partial charge in [0.1, 0.15) is 6.29 Å². The summed E-state index contributed by atoms with van der Waals surface area (Å²) in [5.41, 5.74) is -1.47. The number of carbonyl (C=O) groups excluding carboxylic acids is 2. The molecule has 5 nitrogen and oxygen atoms in total. The van der Waals surface area contributed by atoms with Gasteiger partial charge >= 0.3 is 6.09 Å². The third kappa shape index (κ3) is 3.33. The lowest BCUT2D eigenvalue weighted by Gasteiger charge is -2.33. The Bertz CT molecular complexity index is 418. The molecule has 2 rings (SSSR count). The molecule has 2 aliphatic rings. The minimum Gasteiger partial charge on any atom is -0.450 e. The molecule has 120 valence electrons. The number of aliphatic hydroxyl groups is 1. The van der Waals surface area contributed by atoms with Gasteiger partial charge in [0.15, 0.2) is 0 Å². The molecule has 0 saturated heterocycles. The lowest BCUT2D eigenvalue weighted by molar-refractivity contribution is -0.121. The van der Waals surface area contributed by atoms with E-state index in [1.807, 2.05) is 0 Å². The minimum atomic E-state index is -2.73. The maximum Gasteiger partial charge on any atom is 0.407 e. The van der Waals surface area contributed by atoms with E-state index >= 15 is 0 Å². The fourth-order valence-corrected chi connectivity index (χ4v) is 3.76. The topological polar surface area (TPSA) is 75.6 Å². The van der Waals surface area contributed by atoms with Crippen molar-refractivity contribution in [3.05, 3.63) is 0 Å². The highest BCUT2D eigenvalue weighted by atomic mass is 19.3. The number of hydrogen-bond donors (Lipinski definition) is 2. The predicted octanol–water partition coefficient (Wildman–Crippen LogP) is 1.73. The van der Waals surface area contributed by atoms with E-state index in [0.717, 1.165) is 0 Å². The van der Waals surface area contributed by atoms with Crippen LogP contribution in [0, 0.1) is 17.8 Å². The van der Waals surface area contributed by atoms with E-state index in [0.29, 0.717) is 6.29 Å². The molecule has 21 heavy (non-hydrogen) atoms. The molecule has 7 heteroatoms. The molecule has 2 N–H and O–H groups in total. The molecule has 0 spiro atoms. The van der Waals surface area contributed by atoms with Crippen molar-refractivity contribution < 1.29 is 28.2 Å². The van der Waals surface area contributed by atoms with Gasteiger partial charge in [0.05, 0.1) is 18.8 Å². The van der Waals surface area contributed by atoms with E-state index in [2.05, 4.69) is 5.32 Å². The Balaban J connectivity index is 2.05. The third-order valence-electron chi connectivity index (χ3n) is 4.67. The standard InChI is InChI=1S/C14H21F2NO4/c1-2-21-12(19)17-8-13(20)5-9-6-14(15,16)4-3-10(9)11(13)7-18/h7,9-11,20H,2-6,8H2,1H3,(H,17,19). The maximum atomic E-state index is 13.5. The van der Waals surface area contributed by atoms with E-state index in [1.54, 1.807) is 6.92 Å². The Morgan fingerprint density at radius 1 is 1.48 bits per heavy atom. The number of amides is 1. The van der Waals surface area contributed by atoms with Crippen molar-refractivity contribution in [2.45, 2.75) is 44.1 Å². The monoisotopic (exact) mass is 305 g/mol. The van der Waals surface area contributed by atoms with Crippen LogP contribution in [0.15, 0.2) is 0 Å². The number of alkyl halides is 2. The summed E-state index contributed by atoms with van der Waals surface area (Å²) in [5, 5.41) is 13.0. The molecular formula is C14H21F2NO4. The van der Waals surface area contributed by atoms with Crippen LogP contribution in [0.2, 0.25) is 0 Å². The zero-order valence-electron chi connectivity index (χ0n) is 12.0. The van der Waals surface area contributed by atoms with Gasteiger partial charge in [0.2, 0.25) is 5.92 Å². The molecular weight excluding hydrogens is 284 g/mol. The summed E-state index contributed by atoms with van der Waals surface area (Å²) >= 11 is 0. The van der Waals surface area contributed by atoms with E-state index in [-0.39, 0.29) is 44.8 Å². The molecule has 2 saturated carbocycles. The summed E-state index contributed by atoms with van der Waals surface area (Å²) < 4.78 is 31.7. The summed E-state index contributed by atoms with van der Waals surface area (Å²) in [6.07, 6.45) is -0.271. The van der Waals surface area contributed by atoms with Crippen LogP contribution < -0.4 is 5.32 Å². The van der Waals surface area contributed by atoms with Crippen molar-refractivity contribution in [3.63, 3.8) is 0 Å². The number of aldehydes is 1. The SMILES string of the molecule is CCOC(=O)NCC1(O)CC2CC(F)(F)CCC2C1C=O. The lowest BCUT2D eigenvalue weighted by atomic mass is 9.76. The van der Waals surface area contributed by atoms with Crippen molar-refractivity contribution in [1.29, 1.82) is 0 Å². The second-order valence-corrected chi connectivity index (χ2v) is 6.07. The van der Waals surface area contributed by atoms with Crippen LogP contribution in [-0.4, -0.2) is 42.2 Å². The first-order valence-electron chi connectivity index (χ1n) is 7.27. The van der Waals surface area contributed by atoms with Gasteiger partial charge in [-0.05, 0) is 31.6 Å². The summed E-state index contributed by atoms with van der Waals surface area (Å²) in [6.45, 7) is 1.68. The number of fused-ring (bicyclic) bond motifs is 1. The average molecular weight is 305 g/mol. The van der Waals surface area contributed by atoms with Crippen molar-refractivity contribution in [1.82, 2.24) is 5.32 Å². The Morgan fingerprint density at radius 2 is 2.19 bits per heavy atom. The van der Waals surface area contributed by atoms with Crippen LogP contribution in [-0.2, 0) is 9.53 Å². The van der Waals surface area contributed by atoms with E-state index in [4.69, 9.17) is 4.74 Å². The maximum absolute atomic E-state index is 13.5. The number of alkyl carbamates (subject to hydrolysis) is 1. The second kappa shape index (κ2) is 5.87. The van der Waals surface area contributed by atoms with E-state index in [1.165, 1.54) is 0 Å². The zero-order chi connectivity index (χ0) is 15.7. The Kier molecular flexibility index (Phi) is 4.51. The van der Waals surface area contributed by atoms with Gasteiger partial charge in [-0.3, -0.25) is 0 Å². The molecule has 0 aromatic rings. The molecule has 1 amide bonds. The summed E-state index contributed by atoms with van der Waals surface area (Å²) in [4.78, 5) is 22.6. The van der Waals surface area contributed by atoms with E-state index < -0.39 is 29.5 Å². The fourth-order valence-electron chi connectivity index (χ4n) is 3.76. The Labute approximate surface area is 122 Å². The van der Waals surface area contributed by atoms with Gasteiger partial charge in [-0.1, -0.05) is 0 Å². The molecule has 0 bridgehead atoms. The minimum absolute atomic E-state index is 0.100. The lowest BCUT2D eigenvalue weighted by Crippen LogP contribution is -2.47. The smallest absolute Gasteiger partial charge is 0.407 e. The van der Waals surface area contributed by atoms with Gasteiger partial charge < -0.3 is 20.0 Å². The molecule has 0 aromatic heterocycles. The van der Waals surface area contributed by atoms with Gasteiger partial charge in [-0.25, -0.2) is 13.6 Å². The second-order valence-electron chi connectivity index (χ2n) is 6.07. The number of hydrogen-bond acceptors (Lipinski definition) is 4. The highest BCUT2D eigenvalue weighted by Gasteiger charge is 2.57. The van der Waals surface area contributed by atoms with Gasteiger partial charge in [0.25, 0.3) is 0 Å². The van der Waals surface area contributed by atoms with Gasteiger partial charge in [0, 0.05) is 18.8 Å². The quantitative estimate of drug-likeness (QED) is 0.776. The molecule has 0 aliphatic heterocycles. The van der Waals surface area contributed by atoms with Crippen molar-refractivity contribution in [2.24, 2.45) is 17.8 Å². The highest BCUT2D eigenvalue weighted by Crippen LogP contribution is 2.53. The molecule has 0 radical (unpaired) electrons. The Hall–Kier alpha value is -1.24. The van der Waals surface area contributed by atoms with Crippen molar-refractivity contribution in [3.8, 4) is 0 Å². The fraction of sp³-hybridized carbons (Fsp3) is 0.857. The Morgan fingerprint density at radius 3 is 2.81 bits per heavy atom. The zero-order valence-corrected chi connectivity index (χ0v) is 12.0. The van der Waals surface area contributed by atoms with Crippen LogP contribution in [0.25, 0.3) is 0 Å². The van der Waals surface area contributed by atoms with Crippen LogP contribution >= 0.6 is 0 Å². The molecule has 0 aromatic carbocycles. The molecule has 4 unspecified atom stereocenters.